The largest absolute Gasteiger partial charge is 0.400 e. The lowest BCUT2D eigenvalue weighted by Gasteiger charge is -1.82. The fourth-order valence-electron chi connectivity index (χ4n) is 1.07. The van der Waals surface area contributed by atoms with E-state index in [-0.39, 0.29) is 0 Å². The van der Waals surface area contributed by atoms with Gasteiger partial charge < -0.3 is 10.2 Å². The Morgan fingerprint density at radius 2 is 0.538 bits per heavy atom. The van der Waals surface area contributed by atoms with Crippen molar-refractivity contribution in [3.8, 4) is 0 Å². The minimum atomic E-state index is 1.00. The van der Waals surface area contributed by atoms with Crippen molar-refractivity contribution in [3.63, 3.8) is 0 Å². The van der Waals surface area contributed by atoms with E-state index in [1.54, 1.807) is 0 Å². The van der Waals surface area contributed by atoms with Gasteiger partial charge in [-0.2, -0.15) is 0 Å². The Bertz CT molecular complexity index is 308. The average molecular weight is 369 g/mol. The second-order valence-electron chi connectivity index (χ2n) is 3.31. The molecule has 0 fully saturated rings. The quantitative estimate of drug-likeness (QED) is 0.511. The van der Waals surface area contributed by atoms with E-state index in [4.69, 9.17) is 10.2 Å². The second kappa shape index (κ2) is 56.6. The Labute approximate surface area is 165 Å². The summed E-state index contributed by atoms with van der Waals surface area (Å²) in [6.45, 7) is 20.2. The first kappa shape index (κ1) is 39.4. The Hall–Kier alpha value is -1.64. The molecule has 2 aromatic rings. The minimum Gasteiger partial charge on any atom is -0.400 e. The van der Waals surface area contributed by atoms with E-state index in [2.05, 4.69) is 38.1 Å². The van der Waals surface area contributed by atoms with Crippen LogP contribution in [0.3, 0.4) is 0 Å². The zero-order valence-corrected chi connectivity index (χ0v) is 19.7. The van der Waals surface area contributed by atoms with E-state index in [1.165, 1.54) is 11.1 Å². The molecular weight excluding hydrogens is 320 g/mol. The molecule has 0 aromatic heterocycles. The lowest BCUT2D eigenvalue weighted by atomic mass is 10.2. The smallest absolute Gasteiger partial charge is 0.0319 e. The fraction of sp³-hybridized carbons (Fsp3) is 0.500. The van der Waals surface area contributed by atoms with Crippen LogP contribution in [0.2, 0.25) is 0 Å². The van der Waals surface area contributed by atoms with Crippen LogP contribution in [-0.2, 0) is 0 Å². The molecule has 0 radical (unpaired) electrons. The van der Waals surface area contributed by atoms with Crippen molar-refractivity contribution in [2.24, 2.45) is 0 Å². The molecular formula is C24H48O2. The van der Waals surface area contributed by atoms with Gasteiger partial charge >= 0.3 is 0 Å². The van der Waals surface area contributed by atoms with E-state index >= 15 is 0 Å². The van der Waals surface area contributed by atoms with Gasteiger partial charge in [0.05, 0.1) is 0 Å². The Morgan fingerprint density at radius 1 is 0.385 bits per heavy atom. The maximum Gasteiger partial charge on any atom is 0.0319 e. The summed E-state index contributed by atoms with van der Waals surface area (Å²) in [5.41, 5.74) is 2.64. The number of hydrogen-bond donors (Lipinski definition) is 2. The van der Waals surface area contributed by atoms with Crippen LogP contribution in [0.15, 0.2) is 60.7 Å². The van der Waals surface area contributed by atoms with E-state index in [0.717, 1.165) is 14.2 Å². The molecule has 0 aliphatic carbocycles. The molecule has 0 aliphatic rings. The van der Waals surface area contributed by atoms with Crippen molar-refractivity contribution in [2.45, 2.75) is 69.2 Å². The highest BCUT2D eigenvalue weighted by molar-refractivity contribution is 5.12. The van der Waals surface area contributed by atoms with Crippen LogP contribution in [0, 0.1) is 13.8 Å². The van der Waals surface area contributed by atoms with Crippen LogP contribution < -0.4 is 0 Å². The number of hydrogen-bond acceptors (Lipinski definition) is 2. The summed E-state index contributed by atoms with van der Waals surface area (Å²) in [6.07, 6.45) is 0. The molecule has 2 heteroatoms. The van der Waals surface area contributed by atoms with Gasteiger partial charge in [0.15, 0.2) is 0 Å². The lowest BCUT2D eigenvalue weighted by Crippen LogP contribution is -1.62. The van der Waals surface area contributed by atoms with E-state index in [9.17, 15) is 0 Å². The highest BCUT2D eigenvalue weighted by atomic mass is 16.2. The Morgan fingerprint density at radius 3 is 0.615 bits per heavy atom. The number of aryl methyl sites for hydroxylation is 2. The minimum absolute atomic E-state index is 1.00. The Balaban J connectivity index is -0.0000000493. The molecule has 156 valence electrons. The number of aliphatic hydroxyl groups is 2. The molecule has 0 saturated carbocycles. The van der Waals surface area contributed by atoms with E-state index < -0.39 is 0 Å². The SMILES string of the molecule is CC.CC.CC.CC.CO.CO.Cc1ccccc1.Cc1ccccc1. The van der Waals surface area contributed by atoms with Crippen molar-refractivity contribution in [2.75, 3.05) is 14.2 Å². The maximum atomic E-state index is 7.00. The van der Waals surface area contributed by atoms with E-state index in [1.807, 2.05) is 91.8 Å². The van der Waals surface area contributed by atoms with Gasteiger partial charge in [-0.25, -0.2) is 0 Å². The maximum absolute atomic E-state index is 7.00. The van der Waals surface area contributed by atoms with Gasteiger partial charge in [-0.15, -0.1) is 0 Å². The highest BCUT2D eigenvalue weighted by Crippen LogP contribution is 1.92. The third-order valence-electron chi connectivity index (χ3n) is 1.88. The molecule has 0 amide bonds. The van der Waals surface area contributed by atoms with Crippen LogP contribution in [0.4, 0.5) is 0 Å². The van der Waals surface area contributed by atoms with Crippen molar-refractivity contribution < 1.29 is 10.2 Å². The first-order valence-electron chi connectivity index (χ1n) is 9.72. The summed E-state index contributed by atoms with van der Waals surface area (Å²) in [5, 5.41) is 14.0. The topological polar surface area (TPSA) is 40.5 Å². The van der Waals surface area contributed by atoms with Crippen LogP contribution >= 0.6 is 0 Å². The molecule has 2 nitrogen and oxygen atoms in total. The van der Waals surface area contributed by atoms with Gasteiger partial charge in [-0.1, -0.05) is 127 Å². The summed E-state index contributed by atoms with van der Waals surface area (Å²) in [4.78, 5) is 0. The van der Waals surface area contributed by atoms with Crippen molar-refractivity contribution in [1.82, 2.24) is 0 Å². The van der Waals surface area contributed by atoms with Gasteiger partial charge in [-0.05, 0) is 13.8 Å². The molecule has 0 spiro atoms. The number of aliphatic hydroxyl groups excluding tert-OH is 2. The monoisotopic (exact) mass is 368 g/mol. The van der Waals surface area contributed by atoms with Gasteiger partial charge in [0, 0.05) is 14.2 Å². The zero-order valence-electron chi connectivity index (χ0n) is 19.7. The normalized spacial score (nSPS) is 6.08. The summed E-state index contributed by atoms with van der Waals surface area (Å²) in [5.74, 6) is 0. The standard InChI is InChI=1S/2C7H8.4C2H6.2CH4O/c2*1-7-5-3-2-4-6-7;6*1-2/h2*2-6H,1H3;4*1-2H3;2*2H,1H3. The number of benzene rings is 2. The Kier molecular flexibility index (Phi) is 85.9. The van der Waals surface area contributed by atoms with Crippen molar-refractivity contribution in [1.29, 1.82) is 0 Å². The second-order valence-corrected chi connectivity index (χ2v) is 3.31. The summed E-state index contributed by atoms with van der Waals surface area (Å²) >= 11 is 0. The molecule has 0 bridgehead atoms. The summed E-state index contributed by atoms with van der Waals surface area (Å²) in [7, 11) is 2.00. The fourth-order valence-corrected chi connectivity index (χ4v) is 1.07. The van der Waals surface area contributed by atoms with Crippen LogP contribution in [0.1, 0.15) is 66.5 Å². The summed E-state index contributed by atoms with van der Waals surface area (Å²) < 4.78 is 0. The predicted octanol–water partition coefficient (Wildman–Crippen LogP) is 7.31. The van der Waals surface area contributed by atoms with Crippen molar-refractivity contribution >= 4 is 0 Å². The first-order valence-corrected chi connectivity index (χ1v) is 9.72. The molecule has 2 aromatic carbocycles. The molecule has 0 aliphatic heterocycles. The highest BCUT2D eigenvalue weighted by Gasteiger charge is 1.72. The average Bonchev–Trinajstić information content (AvgIpc) is 2.78. The van der Waals surface area contributed by atoms with Gasteiger partial charge in [0.1, 0.15) is 0 Å². The predicted molar refractivity (Wildman–Crippen MR) is 124 cm³/mol. The van der Waals surface area contributed by atoms with Crippen molar-refractivity contribution in [3.05, 3.63) is 71.8 Å². The van der Waals surface area contributed by atoms with Gasteiger partial charge in [-0.3, -0.25) is 0 Å². The van der Waals surface area contributed by atoms with Gasteiger partial charge in [0.25, 0.3) is 0 Å². The van der Waals surface area contributed by atoms with Crippen LogP contribution in [0.25, 0.3) is 0 Å². The molecule has 26 heavy (non-hydrogen) atoms. The molecule has 0 saturated heterocycles. The first-order chi connectivity index (χ1) is 12.8. The van der Waals surface area contributed by atoms with Gasteiger partial charge in [0.2, 0.25) is 0 Å². The third-order valence-corrected chi connectivity index (χ3v) is 1.88. The van der Waals surface area contributed by atoms with E-state index in [0.29, 0.717) is 0 Å². The molecule has 2 rings (SSSR count). The lowest BCUT2D eigenvalue weighted by molar-refractivity contribution is 0.399. The summed E-state index contributed by atoms with van der Waals surface area (Å²) in [6, 6.07) is 20.5. The molecule has 2 N–H and O–H groups in total. The van der Waals surface area contributed by atoms with Crippen LogP contribution in [0.5, 0.6) is 0 Å². The zero-order chi connectivity index (χ0) is 22.2. The molecule has 0 heterocycles. The molecule has 0 unspecified atom stereocenters. The molecule has 0 atom stereocenters. The third kappa shape index (κ3) is 49.5. The van der Waals surface area contributed by atoms with Crippen LogP contribution in [-0.4, -0.2) is 24.4 Å². The number of rotatable bonds is 0.